The molecule has 0 unspecified atom stereocenters. The molecule has 98 valence electrons. The molecule has 0 radical (unpaired) electrons. The molecule has 1 saturated heterocycles. The van der Waals surface area contributed by atoms with Crippen molar-refractivity contribution in [2.75, 3.05) is 18.0 Å². The van der Waals surface area contributed by atoms with Gasteiger partial charge in [0, 0.05) is 24.3 Å². The predicted molar refractivity (Wildman–Crippen MR) is 72.2 cm³/mol. The van der Waals surface area contributed by atoms with Crippen LogP contribution in [0.3, 0.4) is 0 Å². The van der Waals surface area contributed by atoms with Gasteiger partial charge in [-0.2, -0.15) is 0 Å². The Balaban J connectivity index is 2.02. The Morgan fingerprint density at radius 2 is 1.72 bits per heavy atom. The number of halogens is 1. The Hall–Kier alpha value is -1.09. The molecule has 1 aliphatic carbocycles. The highest BCUT2D eigenvalue weighted by Crippen LogP contribution is 2.41. The molecule has 1 saturated carbocycles. The van der Waals surface area contributed by atoms with Crippen LogP contribution in [0.4, 0.5) is 10.1 Å². The average molecular weight is 248 g/mol. The van der Waals surface area contributed by atoms with Crippen molar-refractivity contribution in [3.05, 3.63) is 29.6 Å². The molecule has 3 heteroatoms. The third-order valence-corrected chi connectivity index (χ3v) is 4.44. The lowest BCUT2D eigenvalue weighted by Gasteiger charge is -2.31. The summed E-state index contributed by atoms with van der Waals surface area (Å²) >= 11 is 0. The molecule has 2 nitrogen and oxygen atoms in total. The topological polar surface area (TPSA) is 29.3 Å². The number of nitrogens with two attached hydrogens (primary N) is 1. The van der Waals surface area contributed by atoms with E-state index in [1.165, 1.54) is 25.7 Å². The SMILES string of the molecule is NC1(c2ccc(F)cc2N2CCCC2)CCCC1. The Kier molecular flexibility index (Phi) is 3.02. The molecule has 2 aliphatic rings. The quantitative estimate of drug-likeness (QED) is 0.871. The maximum Gasteiger partial charge on any atom is 0.125 e. The van der Waals surface area contributed by atoms with Crippen LogP contribution in [0.25, 0.3) is 0 Å². The number of anilines is 1. The van der Waals surface area contributed by atoms with Crippen LogP contribution >= 0.6 is 0 Å². The van der Waals surface area contributed by atoms with E-state index >= 15 is 0 Å². The molecule has 1 aromatic carbocycles. The Labute approximate surface area is 108 Å². The van der Waals surface area contributed by atoms with Gasteiger partial charge in [-0.3, -0.25) is 0 Å². The Morgan fingerprint density at radius 3 is 2.39 bits per heavy atom. The van der Waals surface area contributed by atoms with Crippen LogP contribution in [0.5, 0.6) is 0 Å². The van der Waals surface area contributed by atoms with E-state index in [4.69, 9.17) is 5.73 Å². The lowest BCUT2D eigenvalue weighted by Crippen LogP contribution is -2.35. The Morgan fingerprint density at radius 1 is 1.06 bits per heavy atom. The molecule has 3 rings (SSSR count). The van der Waals surface area contributed by atoms with E-state index in [1.807, 2.05) is 6.07 Å². The first-order chi connectivity index (χ1) is 8.69. The minimum Gasteiger partial charge on any atom is -0.371 e. The molecule has 0 spiro atoms. The van der Waals surface area contributed by atoms with E-state index in [0.29, 0.717) is 0 Å². The summed E-state index contributed by atoms with van der Waals surface area (Å²) in [5.41, 5.74) is 8.51. The van der Waals surface area contributed by atoms with Gasteiger partial charge in [0.05, 0.1) is 0 Å². The van der Waals surface area contributed by atoms with Crippen LogP contribution in [0, 0.1) is 5.82 Å². The van der Waals surface area contributed by atoms with Gasteiger partial charge >= 0.3 is 0 Å². The summed E-state index contributed by atoms with van der Waals surface area (Å²) in [6.45, 7) is 2.07. The van der Waals surface area contributed by atoms with Crippen molar-refractivity contribution >= 4 is 5.69 Å². The lowest BCUT2D eigenvalue weighted by atomic mass is 9.87. The van der Waals surface area contributed by atoms with Crippen LogP contribution in [0.2, 0.25) is 0 Å². The predicted octanol–water partition coefficient (Wildman–Crippen LogP) is 3.15. The van der Waals surface area contributed by atoms with Crippen molar-refractivity contribution in [1.29, 1.82) is 0 Å². The molecule has 18 heavy (non-hydrogen) atoms. The van der Waals surface area contributed by atoms with Gasteiger partial charge in [-0.15, -0.1) is 0 Å². The fourth-order valence-corrected chi connectivity index (χ4v) is 3.42. The first-order valence-electron chi connectivity index (χ1n) is 7.03. The monoisotopic (exact) mass is 248 g/mol. The van der Waals surface area contributed by atoms with E-state index in [2.05, 4.69) is 4.90 Å². The summed E-state index contributed by atoms with van der Waals surface area (Å²) in [7, 11) is 0. The van der Waals surface area contributed by atoms with Crippen LogP contribution in [-0.2, 0) is 5.54 Å². The molecular weight excluding hydrogens is 227 g/mol. The summed E-state index contributed by atoms with van der Waals surface area (Å²) in [5.74, 6) is -0.151. The minimum atomic E-state index is -0.231. The van der Waals surface area contributed by atoms with Crippen LogP contribution in [0.1, 0.15) is 44.1 Å². The van der Waals surface area contributed by atoms with Crippen molar-refractivity contribution in [2.45, 2.75) is 44.1 Å². The number of hydrogen-bond acceptors (Lipinski definition) is 2. The van der Waals surface area contributed by atoms with Gasteiger partial charge in [-0.05, 0) is 43.4 Å². The van der Waals surface area contributed by atoms with Gasteiger partial charge in [-0.1, -0.05) is 18.9 Å². The minimum absolute atomic E-state index is 0.151. The molecule has 1 aromatic rings. The first kappa shape index (κ1) is 12.0. The maximum absolute atomic E-state index is 13.5. The summed E-state index contributed by atoms with van der Waals surface area (Å²) in [6, 6.07) is 5.14. The smallest absolute Gasteiger partial charge is 0.125 e. The van der Waals surface area contributed by atoms with E-state index < -0.39 is 0 Å². The van der Waals surface area contributed by atoms with E-state index in [-0.39, 0.29) is 11.4 Å². The molecule has 0 bridgehead atoms. The normalized spacial score (nSPS) is 22.7. The first-order valence-corrected chi connectivity index (χ1v) is 7.03. The fourth-order valence-electron chi connectivity index (χ4n) is 3.42. The Bertz CT molecular complexity index is 432. The van der Waals surface area contributed by atoms with Crippen molar-refractivity contribution in [3.63, 3.8) is 0 Å². The van der Waals surface area contributed by atoms with Gasteiger partial charge in [0.15, 0.2) is 0 Å². The third-order valence-electron chi connectivity index (χ3n) is 4.44. The summed E-state index contributed by atoms with van der Waals surface area (Å²) in [4.78, 5) is 2.30. The average Bonchev–Trinajstić information content (AvgIpc) is 3.00. The number of benzene rings is 1. The van der Waals surface area contributed by atoms with Gasteiger partial charge in [0.25, 0.3) is 0 Å². The zero-order valence-corrected chi connectivity index (χ0v) is 10.8. The zero-order chi connectivity index (χ0) is 12.6. The molecule has 0 aromatic heterocycles. The van der Waals surface area contributed by atoms with Crippen molar-refractivity contribution in [3.8, 4) is 0 Å². The van der Waals surface area contributed by atoms with Crippen molar-refractivity contribution in [1.82, 2.24) is 0 Å². The van der Waals surface area contributed by atoms with E-state index in [0.717, 1.165) is 37.2 Å². The second-order valence-corrected chi connectivity index (χ2v) is 5.72. The van der Waals surface area contributed by atoms with Gasteiger partial charge in [0.2, 0.25) is 0 Å². The highest BCUT2D eigenvalue weighted by molar-refractivity contribution is 5.57. The van der Waals surface area contributed by atoms with Gasteiger partial charge < -0.3 is 10.6 Å². The molecule has 2 N–H and O–H groups in total. The van der Waals surface area contributed by atoms with Crippen LogP contribution < -0.4 is 10.6 Å². The molecule has 1 heterocycles. The van der Waals surface area contributed by atoms with Gasteiger partial charge in [0.1, 0.15) is 5.82 Å². The van der Waals surface area contributed by atoms with Crippen molar-refractivity contribution < 1.29 is 4.39 Å². The van der Waals surface area contributed by atoms with Crippen LogP contribution in [-0.4, -0.2) is 13.1 Å². The summed E-state index contributed by atoms with van der Waals surface area (Å²) < 4.78 is 13.5. The largest absolute Gasteiger partial charge is 0.371 e. The standard InChI is InChI=1S/C15H21FN2/c16-12-5-6-13(15(17)7-1-2-8-15)14(11-12)18-9-3-4-10-18/h5-6,11H,1-4,7-10,17H2. The molecule has 2 fully saturated rings. The highest BCUT2D eigenvalue weighted by atomic mass is 19.1. The number of nitrogens with zero attached hydrogens (tertiary/aromatic N) is 1. The third kappa shape index (κ3) is 2.01. The maximum atomic E-state index is 13.5. The summed E-state index contributed by atoms with van der Waals surface area (Å²) in [5, 5.41) is 0. The molecule has 1 aliphatic heterocycles. The molecule has 0 atom stereocenters. The number of rotatable bonds is 2. The van der Waals surface area contributed by atoms with E-state index in [9.17, 15) is 4.39 Å². The second-order valence-electron chi connectivity index (χ2n) is 5.72. The van der Waals surface area contributed by atoms with Crippen molar-refractivity contribution in [2.24, 2.45) is 5.73 Å². The zero-order valence-electron chi connectivity index (χ0n) is 10.8. The molecular formula is C15H21FN2. The fraction of sp³-hybridized carbons (Fsp3) is 0.600. The highest BCUT2D eigenvalue weighted by Gasteiger charge is 2.34. The second kappa shape index (κ2) is 4.54. The van der Waals surface area contributed by atoms with E-state index in [1.54, 1.807) is 12.1 Å². The number of hydrogen-bond donors (Lipinski definition) is 1. The lowest BCUT2D eigenvalue weighted by molar-refractivity contribution is 0.460. The van der Waals surface area contributed by atoms with Gasteiger partial charge in [-0.25, -0.2) is 4.39 Å². The summed E-state index contributed by atoms with van der Waals surface area (Å²) in [6.07, 6.45) is 6.83. The van der Waals surface area contributed by atoms with Crippen LogP contribution in [0.15, 0.2) is 18.2 Å². The molecule has 0 amide bonds.